The van der Waals surface area contributed by atoms with E-state index in [0.29, 0.717) is 11.2 Å². The van der Waals surface area contributed by atoms with Gasteiger partial charge in [0.2, 0.25) is 0 Å². The molecule has 3 N–H and O–H groups in total. The topological polar surface area (TPSA) is 50.9 Å². The normalized spacial score (nSPS) is 18.2. The third-order valence-corrected chi connectivity index (χ3v) is 3.61. The van der Waals surface area contributed by atoms with E-state index in [1.165, 1.54) is 25.7 Å². The van der Waals surface area contributed by atoms with Crippen LogP contribution in [0.4, 0.5) is 11.5 Å². The van der Waals surface area contributed by atoms with Crippen molar-refractivity contribution in [3.8, 4) is 0 Å². The maximum absolute atomic E-state index is 5.63. The van der Waals surface area contributed by atoms with Gasteiger partial charge >= 0.3 is 0 Å². The number of pyridine rings is 1. The highest BCUT2D eigenvalue weighted by molar-refractivity contribution is 5.49. The predicted octanol–water partition coefficient (Wildman–Crippen LogP) is 2.66. The third kappa shape index (κ3) is 2.22. The first-order chi connectivity index (χ1) is 7.24. The summed E-state index contributed by atoms with van der Waals surface area (Å²) >= 11 is 0. The number of aromatic nitrogens is 1. The lowest BCUT2D eigenvalue weighted by atomic mass is 9.67. The van der Waals surface area contributed by atoms with Gasteiger partial charge in [-0.15, -0.1) is 0 Å². The smallest absolute Gasteiger partial charge is 0.125 e. The standard InChI is InChI=1S/C12H19N3/c1-2-12(5-3-6-12)9-15-10-4-7-14-11(13)8-10/h4,7-8H,2-3,5-6,9H2,1H3,(H3,13,14,15). The molecule has 1 aliphatic rings. The molecule has 0 atom stereocenters. The molecule has 1 saturated carbocycles. The van der Waals surface area contributed by atoms with Crippen LogP contribution in [0.5, 0.6) is 0 Å². The minimum Gasteiger partial charge on any atom is -0.384 e. The number of nitrogens with two attached hydrogens (primary N) is 1. The molecule has 0 spiro atoms. The first-order valence-electron chi connectivity index (χ1n) is 5.69. The molecule has 3 heteroatoms. The second-order valence-electron chi connectivity index (χ2n) is 4.53. The van der Waals surface area contributed by atoms with Crippen LogP contribution in [0.2, 0.25) is 0 Å². The van der Waals surface area contributed by atoms with Crippen LogP contribution >= 0.6 is 0 Å². The van der Waals surface area contributed by atoms with Crippen LogP contribution < -0.4 is 11.1 Å². The first kappa shape index (κ1) is 10.3. The lowest BCUT2D eigenvalue weighted by Gasteiger charge is -2.41. The minimum absolute atomic E-state index is 0.540. The van der Waals surface area contributed by atoms with E-state index in [1.54, 1.807) is 6.20 Å². The maximum Gasteiger partial charge on any atom is 0.125 e. The molecule has 0 aromatic carbocycles. The van der Waals surface area contributed by atoms with Gasteiger partial charge in [0.25, 0.3) is 0 Å². The van der Waals surface area contributed by atoms with Crippen LogP contribution in [-0.4, -0.2) is 11.5 Å². The van der Waals surface area contributed by atoms with Gasteiger partial charge in [-0.2, -0.15) is 0 Å². The Morgan fingerprint density at radius 3 is 2.87 bits per heavy atom. The molecule has 3 nitrogen and oxygen atoms in total. The summed E-state index contributed by atoms with van der Waals surface area (Å²) in [6.07, 6.45) is 7.11. The van der Waals surface area contributed by atoms with E-state index in [1.807, 2.05) is 12.1 Å². The molecule has 15 heavy (non-hydrogen) atoms. The minimum atomic E-state index is 0.540. The summed E-state index contributed by atoms with van der Waals surface area (Å²) in [6.45, 7) is 3.34. The zero-order valence-electron chi connectivity index (χ0n) is 9.29. The van der Waals surface area contributed by atoms with E-state index in [9.17, 15) is 0 Å². The van der Waals surface area contributed by atoms with Gasteiger partial charge in [-0.3, -0.25) is 0 Å². The van der Waals surface area contributed by atoms with E-state index < -0.39 is 0 Å². The van der Waals surface area contributed by atoms with Gasteiger partial charge in [0, 0.05) is 24.5 Å². The second-order valence-corrected chi connectivity index (χ2v) is 4.53. The Kier molecular flexibility index (Phi) is 2.80. The van der Waals surface area contributed by atoms with Gasteiger partial charge in [-0.25, -0.2) is 4.98 Å². The fraction of sp³-hybridized carbons (Fsp3) is 0.583. The fourth-order valence-electron chi connectivity index (χ4n) is 2.18. The highest BCUT2D eigenvalue weighted by Crippen LogP contribution is 2.43. The molecule has 0 radical (unpaired) electrons. The van der Waals surface area contributed by atoms with Crippen molar-refractivity contribution in [2.75, 3.05) is 17.6 Å². The molecule has 0 saturated heterocycles. The first-order valence-corrected chi connectivity index (χ1v) is 5.69. The summed E-state index contributed by atoms with van der Waals surface area (Å²) in [4.78, 5) is 3.98. The van der Waals surface area contributed by atoms with Gasteiger partial charge < -0.3 is 11.1 Å². The van der Waals surface area contributed by atoms with E-state index in [-0.39, 0.29) is 0 Å². The molecule has 0 aliphatic heterocycles. The Morgan fingerprint density at radius 2 is 2.33 bits per heavy atom. The number of hydrogen-bond donors (Lipinski definition) is 2. The predicted molar refractivity (Wildman–Crippen MR) is 63.7 cm³/mol. The Hall–Kier alpha value is -1.25. The Bertz CT molecular complexity index is 326. The summed E-state index contributed by atoms with van der Waals surface area (Å²) in [5.74, 6) is 0.583. The summed E-state index contributed by atoms with van der Waals surface area (Å²) in [7, 11) is 0. The average Bonchev–Trinajstić information content (AvgIpc) is 2.17. The molecule has 0 bridgehead atoms. The van der Waals surface area contributed by atoms with Gasteiger partial charge in [-0.05, 0) is 30.7 Å². The molecule has 1 aromatic heterocycles. The Labute approximate surface area is 91.1 Å². The lowest BCUT2D eigenvalue weighted by molar-refractivity contribution is 0.145. The van der Waals surface area contributed by atoms with E-state index in [0.717, 1.165) is 12.2 Å². The van der Waals surface area contributed by atoms with Crippen molar-refractivity contribution < 1.29 is 0 Å². The van der Waals surface area contributed by atoms with Gasteiger partial charge in [-0.1, -0.05) is 13.3 Å². The van der Waals surface area contributed by atoms with Gasteiger partial charge in [0.1, 0.15) is 5.82 Å². The fourth-order valence-corrected chi connectivity index (χ4v) is 2.18. The number of rotatable bonds is 4. The van der Waals surface area contributed by atoms with Crippen molar-refractivity contribution >= 4 is 11.5 Å². The van der Waals surface area contributed by atoms with Gasteiger partial charge in [0.15, 0.2) is 0 Å². The van der Waals surface area contributed by atoms with E-state index in [2.05, 4.69) is 17.2 Å². The summed E-state index contributed by atoms with van der Waals surface area (Å²) < 4.78 is 0. The zero-order chi connectivity index (χ0) is 10.7. The monoisotopic (exact) mass is 205 g/mol. The molecular formula is C12H19N3. The summed E-state index contributed by atoms with van der Waals surface area (Å²) in [5.41, 5.74) is 7.25. The molecule has 1 aromatic rings. The third-order valence-electron chi connectivity index (χ3n) is 3.61. The van der Waals surface area contributed by atoms with Crippen molar-refractivity contribution in [2.45, 2.75) is 32.6 Å². The lowest BCUT2D eigenvalue weighted by Crippen LogP contribution is -2.35. The number of nitrogen functional groups attached to an aromatic ring is 1. The largest absolute Gasteiger partial charge is 0.384 e. The van der Waals surface area contributed by atoms with Crippen LogP contribution in [0.25, 0.3) is 0 Å². The molecule has 0 unspecified atom stereocenters. The van der Waals surface area contributed by atoms with Crippen LogP contribution in [0.3, 0.4) is 0 Å². The van der Waals surface area contributed by atoms with Crippen LogP contribution in [0, 0.1) is 5.41 Å². The molecule has 0 amide bonds. The second kappa shape index (κ2) is 4.09. The molecule has 2 rings (SSSR count). The molecular weight excluding hydrogens is 186 g/mol. The highest BCUT2D eigenvalue weighted by atomic mass is 14.9. The van der Waals surface area contributed by atoms with E-state index >= 15 is 0 Å². The summed E-state index contributed by atoms with van der Waals surface area (Å²) in [5, 5.41) is 3.46. The number of nitrogens with zero attached hydrogens (tertiary/aromatic N) is 1. The van der Waals surface area contributed by atoms with Crippen LogP contribution in [-0.2, 0) is 0 Å². The Balaban J connectivity index is 1.92. The highest BCUT2D eigenvalue weighted by Gasteiger charge is 2.34. The summed E-state index contributed by atoms with van der Waals surface area (Å²) in [6, 6.07) is 3.86. The van der Waals surface area contributed by atoms with Crippen molar-refractivity contribution in [3.63, 3.8) is 0 Å². The Morgan fingerprint density at radius 1 is 1.53 bits per heavy atom. The number of hydrogen-bond acceptors (Lipinski definition) is 3. The van der Waals surface area contributed by atoms with Crippen molar-refractivity contribution in [2.24, 2.45) is 5.41 Å². The zero-order valence-corrected chi connectivity index (χ0v) is 9.29. The molecule has 82 valence electrons. The van der Waals surface area contributed by atoms with Crippen molar-refractivity contribution in [3.05, 3.63) is 18.3 Å². The molecule has 1 heterocycles. The van der Waals surface area contributed by atoms with Crippen LogP contribution in [0.1, 0.15) is 32.6 Å². The average molecular weight is 205 g/mol. The molecule has 1 aliphatic carbocycles. The molecule has 1 fully saturated rings. The number of nitrogens with one attached hydrogen (secondary N) is 1. The van der Waals surface area contributed by atoms with E-state index in [4.69, 9.17) is 5.73 Å². The quantitative estimate of drug-likeness (QED) is 0.794. The van der Waals surface area contributed by atoms with Crippen molar-refractivity contribution in [1.82, 2.24) is 4.98 Å². The maximum atomic E-state index is 5.63. The number of anilines is 2. The van der Waals surface area contributed by atoms with Gasteiger partial charge in [0.05, 0.1) is 0 Å². The SMILES string of the molecule is CCC1(CNc2ccnc(N)c2)CCC1. The van der Waals surface area contributed by atoms with Crippen molar-refractivity contribution in [1.29, 1.82) is 0 Å². The van der Waals surface area contributed by atoms with Crippen LogP contribution in [0.15, 0.2) is 18.3 Å².